The standard InChI is InChI=1S/C32H44N4O5/c1-40-24-10-20-36-29(37)28(15-8-9-19-33-31(39)41-25-27-13-6-3-7-14-27)34-30(38)32(36)17-22-35(23-18-32)21-16-26-11-4-2-5-12-26/h2-7,11-14,28H,8-10,15-25H2,1H3,(H,33,39)(H,34,38)/t28-/m0/s1. The molecule has 2 heterocycles. The van der Waals surface area contributed by atoms with Crippen LogP contribution in [0.5, 0.6) is 0 Å². The molecular formula is C32H44N4O5. The number of nitrogens with one attached hydrogen (secondary N) is 2. The van der Waals surface area contributed by atoms with Crippen LogP contribution in [-0.2, 0) is 32.1 Å². The summed E-state index contributed by atoms with van der Waals surface area (Å²) in [6, 6.07) is 19.4. The van der Waals surface area contributed by atoms with Crippen LogP contribution >= 0.6 is 0 Å². The third kappa shape index (κ3) is 8.53. The Morgan fingerprint density at radius 3 is 2.32 bits per heavy atom. The molecule has 0 unspecified atom stereocenters. The topological polar surface area (TPSA) is 100 Å². The van der Waals surface area contributed by atoms with E-state index in [1.165, 1.54) is 5.56 Å². The highest BCUT2D eigenvalue weighted by atomic mass is 16.5. The van der Waals surface area contributed by atoms with Gasteiger partial charge in [0, 0.05) is 46.4 Å². The molecule has 2 aliphatic heterocycles. The van der Waals surface area contributed by atoms with Gasteiger partial charge >= 0.3 is 6.09 Å². The molecule has 9 nitrogen and oxygen atoms in total. The summed E-state index contributed by atoms with van der Waals surface area (Å²) in [7, 11) is 1.65. The summed E-state index contributed by atoms with van der Waals surface area (Å²) in [5.41, 5.74) is 1.44. The van der Waals surface area contributed by atoms with Crippen LogP contribution in [0.4, 0.5) is 4.79 Å². The molecule has 2 fully saturated rings. The molecular weight excluding hydrogens is 520 g/mol. The van der Waals surface area contributed by atoms with Crippen molar-refractivity contribution in [2.24, 2.45) is 0 Å². The zero-order chi connectivity index (χ0) is 28.9. The molecule has 0 bridgehead atoms. The molecule has 4 rings (SSSR count). The van der Waals surface area contributed by atoms with Crippen LogP contribution in [0, 0.1) is 0 Å². The van der Waals surface area contributed by atoms with E-state index in [2.05, 4.69) is 39.8 Å². The van der Waals surface area contributed by atoms with E-state index in [0.717, 1.165) is 31.6 Å². The number of alkyl carbamates (subject to hydrolysis) is 1. The van der Waals surface area contributed by atoms with Crippen molar-refractivity contribution in [2.75, 3.05) is 46.4 Å². The first-order valence-corrected chi connectivity index (χ1v) is 14.8. The Hall–Kier alpha value is -3.43. The molecule has 1 spiro atoms. The van der Waals surface area contributed by atoms with E-state index in [9.17, 15) is 14.4 Å². The average molecular weight is 565 g/mol. The molecule has 0 saturated carbocycles. The molecule has 2 saturated heterocycles. The molecule has 2 aromatic carbocycles. The van der Waals surface area contributed by atoms with Gasteiger partial charge in [-0.25, -0.2) is 4.79 Å². The van der Waals surface area contributed by atoms with Gasteiger partial charge in [0.15, 0.2) is 0 Å². The normalized spacial score (nSPS) is 18.8. The predicted molar refractivity (Wildman–Crippen MR) is 157 cm³/mol. The fraction of sp³-hybridized carbons (Fsp3) is 0.531. The van der Waals surface area contributed by atoms with Gasteiger partial charge in [-0.15, -0.1) is 0 Å². The third-order valence-corrected chi connectivity index (χ3v) is 8.18. The second-order valence-corrected chi connectivity index (χ2v) is 11.0. The van der Waals surface area contributed by atoms with Gasteiger partial charge in [-0.1, -0.05) is 60.7 Å². The Labute approximate surface area is 243 Å². The maximum atomic E-state index is 13.7. The van der Waals surface area contributed by atoms with Crippen molar-refractivity contribution in [1.29, 1.82) is 0 Å². The molecule has 0 aromatic heterocycles. The summed E-state index contributed by atoms with van der Waals surface area (Å²) in [4.78, 5) is 43.5. The highest BCUT2D eigenvalue weighted by Gasteiger charge is 2.53. The average Bonchev–Trinajstić information content (AvgIpc) is 3.01. The van der Waals surface area contributed by atoms with Crippen LogP contribution in [0.1, 0.15) is 49.7 Å². The number of nitrogens with zero attached hydrogens (tertiary/aromatic N) is 2. The monoisotopic (exact) mass is 564 g/mol. The van der Waals surface area contributed by atoms with Gasteiger partial charge in [-0.3, -0.25) is 9.59 Å². The lowest BCUT2D eigenvalue weighted by Crippen LogP contribution is -2.73. The van der Waals surface area contributed by atoms with Crippen molar-refractivity contribution in [1.82, 2.24) is 20.4 Å². The zero-order valence-electron chi connectivity index (χ0n) is 24.2. The van der Waals surface area contributed by atoms with Crippen molar-refractivity contribution >= 4 is 17.9 Å². The van der Waals surface area contributed by atoms with Crippen LogP contribution < -0.4 is 10.6 Å². The quantitative estimate of drug-likeness (QED) is 0.341. The number of hydrogen-bond acceptors (Lipinski definition) is 6. The number of piperidine rings is 1. The predicted octanol–water partition coefficient (Wildman–Crippen LogP) is 3.52. The molecule has 41 heavy (non-hydrogen) atoms. The van der Waals surface area contributed by atoms with Crippen LogP contribution in [-0.4, -0.2) is 85.7 Å². The molecule has 9 heteroatoms. The number of amides is 3. The molecule has 3 amide bonds. The summed E-state index contributed by atoms with van der Waals surface area (Å²) < 4.78 is 10.5. The summed E-state index contributed by atoms with van der Waals surface area (Å²) in [6.45, 7) is 4.23. The molecule has 1 atom stereocenters. The number of hydrogen-bond donors (Lipinski definition) is 2. The van der Waals surface area contributed by atoms with Gasteiger partial charge in [0.1, 0.15) is 18.2 Å². The summed E-state index contributed by atoms with van der Waals surface area (Å²) in [5, 5.41) is 5.83. The first kappa shape index (κ1) is 30.5. The number of carbonyl (C=O) groups excluding carboxylic acids is 3. The number of unbranched alkanes of at least 4 members (excludes halogenated alkanes) is 1. The maximum Gasteiger partial charge on any atom is 0.407 e. The SMILES string of the molecule is COCCCN1C(=O)[C@H](CCCCNC(=O)OCc2ccccc2)NC(=O)C12CCN(CCc1ccccc1)CC2. The van der Waals surface area contributed by atoms with E-state index in [1.54, 1.807) is 7.11 Å². The van der Waals surface area contributed by atoms with E-state index in [4.69, 9.17) is 9.47 Å². The minimum absolute atomic E-state index is 0.00586. The Kier molecular flexibility index (Phi) is 11.6. The van der Waals surface area contributed by atoms with Crippen molar-refractivity contribution in [3.8, 4) is 0 Å². The lowest BCUT2D eigenvalue weighted by Gasteiger charge is -2.51. The second kappa shape index (κ2) is 15.5. The lowest BCUT2D eigenvalue weighted by molar-refractivity contribution is -0.161. The van der Waals surface area contributed by atoms with Crippen molar-refractivity contribution in [3.63, 3.8) is 0 Å². The maximum absolute atomic E-state index is 13.7. The van der Waals surface area contributed by atoms with Crippen LogP contribution in [0.25, 0.3) is 0 Å². The molecule has 2 aliphatic rings. The van der Waals surface area contributed by atoms with Gasteiger partial charge < -0.3 is 29.9 Å². The number of likely N-dealkylation sites (tertiary alicyclic amines) is 1. The van der Waals surface area contributed by atoms with Crippen LogP contribution in [0.2, 0.25) is 0 Å². The third-order valence-electron chi connectivity index (χ3n) is 8.18. The summed E-state index contributed by atoms with van der Waals surface area (Å²) in [6.07, 6.45) is 4.38. The first-order chi connectivity index (χ1) is 20.0. The van der Waals surface area contributed by atoms with Gasteiger partial charge in [-0.05, 0) is 56.1 Å². The van der Waals surface area contributed by atoms with E-state index >= 15 is 0 Å². The lowest BCUT2D eigenvalue weighted by atomic mass is 9.81. The molecule has 222 valence electrons. The van der Waals surface area contributed by atoms with E-state index in [-0.39, 0.29) is 18.4 Å². The fourth-order valence-corrected chi connectivity index (χ4v) is 5.78. The van der Waals surface area contributed by atoms with Gasteiger partial charge in [0.2, 0.25) is 11.8 Å². The summed E-state index contributed by atoms with van der Waals surface area (Å²) in [5.74, 6) is -0.0430. The molecule has 0 radical (unpaired) electrons. The number of benzene rings is 2. The Bertz CT molecular complexity index is 1110. The number of piperazine rings is 1. The van der Waals surface area contributed by atoms with Crippen molar-refractivity contribution in [3.05, 3.63) is 71.8 Å². The minimum atomic E-state index is -0.797. The number of ether oxygens (including phenoxy) is 2. The Balaban J connectivity index is 1.24. The minimum Gasteiger partial charge on any atom is -0.445 e. The molecule has 2 aromatic rings. The van der Waals surface area contributed by atoms with Gasteiger partial charge in [-0.2, -0.15) is 0 Å². The first-order valence-electron chi connectivity index (χ1n) is 14.8. The van der Waals surface area contributed by atoms with Crippen molar-refractivity contribution in [2.45, 2.75) is 63.1 Å². The highest BCUT2D eigenvalue weighted by Crippen LogP contribution is 2.34. The van der Waals surface area contributed by atoms with E-state index < -0.39 is 17.7 Å². The number of carbonyl (C=O) groups is 3. The Morgan fingerprint density at radius 2 is 1.63 bits per heavy atom. The van der Waals surface area contributed by atoms with Crippen LogP contribution in [0.3, 0.4) is 0 Å². The van der Waals surface area contributed by atoms with E-state index in [1.807, 2.05) is 41.3 Å². The number of rotatable bonds is 14. The van der Waals surface area contributed by atoms with Crippen LogP contribution in [0.15, 0.2) is 60.7 Å². The van der Waals surface area contributed by atoms with Gasteiger partial charge in [0.25, 0.3) is 0 Å². The highest BCUT2D eigenvalue weighted by molar-refractivity contribution is 6.00. The smallest absolute Gasteiger partial charge is 0.407 e. The Morgan fingerprint density at radius 1 is 0.951 bits per heavy atom. The van der Waals surface area contributed by atoms with Crippen molar-refractivity contribution < 1.29 is 23.9 Å². The zero-order valence-corrected chi connectivity index (χ0v) is 24.2. The number of methoxy groups -OCH3 is 1. The largest absolute Gasteiger partial charge is 0.445 e. The van der Waals surface area contributed by atoms with Gasteiger partial charge in [0.05, 0.1) is 0 Å². The molecule has 0 aliphatic carbocycles. The van der Waals surface area contributed by atoms with E-state index in [0.29, 0.717) is 58.2 Å². The fourth-order valence-electron chi connectivity index (χ4n) is 5.78. The summed E-state index contributed by atoms with van der Waals surface area (Å²) >= 11 is 0. The second-order valence-electron chi connectivity index (χ2n) is 11.0. The molecule has 2 N–H and O–H groups in total.